The SMILES string of the molecule is Cn1c(SCc2cccc(Br)c2)nnc1-c1ccccc1F. The predicted molar refractivity (Wildman–Crippen MR) is 90.1 cm³/mol. The highest BCUT2D eigenvalue weighted by atomic mass is 79.9. The number of hydrogen-bond donors (Lipinski definition) is 0. The molecule has 0 aliphatic rings. The molecule has 3 rings (SSSR count). The summed E-state index contributed by atoms with van der Waals surface area (Å²) in [6, 6.07) is 14.7. The molecule has 0 unspecified atom stereocenters. The second-order valence-electron chi connectivity index (χ2n) is 4.76. The van der Waals surface area contributed by atoms with Crippen molar-refractivity contribution in [3.8, 4) is 11.4 Å². The number of halogens is 2. The van der Waals surface area contributed by atoms with Gasteiger partial charge >= 0.3 is 0 Å². The zero-order chi connectivity index (χ0) is 15.5. The average molecular weight is 378 g/mol. The third-order valence-corrected chi connectivity index (χ3v) is 4.79. The lowest BCUT2D eigenvalue weighted by Gasteiger charge is -2.05. The van der Waals surface area contributed by atoms with Gasteiger partial charge in [-0.3, -0.25) is 0 Å². The molecule has 0 spiro atoms. The lowest BCUT2D eigenvalue weighted by atomic mass is 10.2. The lowest BCUT2D eigenvalue weighted by molar-refractivity contribution is 0.628. The molecule has 1 aromatic heterocycles. The van der Waals surface area contributed by atoms with E-state index in [4.69, 9.17) is 0 Å². The maximum Gasteiger partial charge on any atom is 0.191 e. The van der Waals surface area contributed by atoms with Crippen LogP contribution in [0.2, 0.25) is 0 Å². The van der Waals surface area contributed by atoms with Gasteiger partial charge in [-0.05, 0) is 29.8 Å². The van der Waals surface area contributed by atoms with Gasteiger partial charge in [0.1, 0.15) is 5.82 Å². The van der Waals surface area contributed by atoms with Crippen LogP contribution in [0.1, 0.15) is 5.56 Å². The van der Waals surface area contributed by atoms with Crippen LogP contribution in [-0.4, -0.2) is 14.8 Å². The van der Waals surface area contributed by atoms with E-state index < -0.39 is 0 Å². The molecule has 2 aromatic carbocycles. The molecule has 112 valence electrons. The Morgan fingerprint density at radius 1 is 1.14 bits per heavy atom. The summed E-state index contributed by atoms with van der Waals surface area (Å²) in [5.74, 6) is 1.03. The Labute approximate surface area is 140 Å². The van der Waals surface area contributed by atoms with Crippen molar-refractivity contribution in [2.24, 2.45) is 7.05 Å². The largest absolute Gasteiger partial charge is 0.305 e. The van der Waals surface area contributed by atoms with Crippen molar-refractivity contribution in [3.05, 3.63) is 64.4 Å². The van der Waals surface area contributed by atoms with Gasteiger partial charge in [-0.2, -0.15) is 0 Å². The first kappa shape index (κ1) is 15.2. The fourth-order valence-electron chi connectivity index (χ4n) is 2.09. The van der Waals surface area contributed by atoms with Gasteiger partial charge in [-0.15, -0.1) is 10.2 Å². The number of thioether (sulfide) groups is 1. The highest BCUT2D eigenvalue weighted by molar-refractivity contribution is 9.10. The Balaban J connectivity index is 1.81. The highest BCUT2D eigenvalue weighted by Gasteiger charge is 2.14. The van der Waals surface area contributed by atoms with Crippen LogP contribution in [0.25, 0.3) is 11.4 Å². The van der Waals surface area contributed by atoms with Gasteiger partial charge in [0.05, 0.1) is 5.56 Å². The van der Waals surface area contributed by atoms with Crippen molar-refractivity contribution < 1.29 is 4.39 Å². The molecule has 0 saturated heterocycles. The molecule has 0 aliphatic carbocycles. The number of aromatic nitrogens is 3. The summed E-state index contributed by atoms with van der Waals surface area (Å²) in [6.07, 6.45) is 0. The Kier molecular flexibility index (Phi) is 4.59. The molecule has 3 nitrogen and oxygen atoms in total. The molecule has 0 atom stereocenters. The normalized spacial score (nSPS) is 10.9. The first-order valence-electron chi connectivity index (χ1n) is 6.66. The molecule has 6 heteroatoms. The second-order valence-corrected chi connectivity index (χ2v) is 6.62. The van der Waals surface area contributed by atoms with E-state index in [1.165, 1.54) is 11.6 Å². The predicted octanol–water partition coefficient (Wildman–Crippen LogP) is 4.68. The molecule has 0 N–H and O–H groups in total. The van der Waals surface area contributed by atoms with E-state index in [1.54, 1.807) is 30.0 Å². The van der Waals surface area contributed by atoms with Crippen LogP contribution >= 0.6 is 27.7 Å². The summed E-state index contributed by atoms with van der Waals surface area (Å²) >= 11 is 5.04. The van der Waals surface area contributed by atoms with Crippen LogP contribution in [-0.2, 0) is 12.8 Å². The van der Waals surface area contributed by atoms with Gasteiger partial charge in [-0.25, -0.2) is 4.39 Å². The highest BCUT2D eigenvalue weighted by Crippen LogP contribution is 2.27. The van der Waals surface area contributed by atoms with Crippen molar-refractivity contribution in [1.29, 1.82) is 0 Å². The van der Waals surface area contributed by atoms with Crippen molar-refractivity contribution in [2.75, 3.05) is 0 Å². The first-order chi connectivity index (χ1) is 10.6. The molecular weight excluding hydrogens is 365 g/mol. The zero-order valence-corrected chi connectivity index (χ0v) is 14.2. The van der Waals surface area contributed by atoms with E-state index in [0.717, 1.165) is 15.4 Å². The van der Waals surface area contributed by atoms with Gasteiger partial charge in [0.2, 0.25) is 0 Å². The molecule has 0 saturated carbocycles. The van der Waals surface area contributed by atoms with Crippen molar-refractivity contribution >= 4 is 27.7 Å². The zero-order valence-electron chi connectivity index (χ0n) is 11.8. The second kappa shape index (κ2) is 6.62. The summed E-state index contributed by atoms with van der Waals surface area (Å²) in [4.78, 5) is 0. The van der Waals surface area contributed by atoms with Crippen LogP contribution in [0.4, 0.5) is 4.39 Å². The Bertz CT molecular complexity index is 804. The molecule has 0 radical (unpaired) electrons. The minimum atomic E-state index is -0.290. The van der Waals surface area contributed by atoms with Crippen LogP contribution < -0.4 is 0 Å². The van der Waals surface area contributed by atoms with E-state index in [9.17, 15) is 4.39 Å². The smallest absolute Gasteiger partial charge is 0.191 e. The van der Waals surface area contributed by atoms with E-state index in [0.29, 0.717) is 11.4 Å². The third-order valence-electron chi connectivity index (χ3n) is 3.21. The number of nitrogens with zero attached hydrogens (tertiary/aromatic N) is 3. The number of hydrogen-bond acceptors (Lipinski definition) is 3. The Morgan fingerprint density at radius 2 is 1.95 bits per heavy atom. The van der Waals surface area contributed by atoms with E-state index in [2.05, 4.69) is 38.3 Å². The number of benzene rings is 2. The fraction of sp³-hybridized carbons (Fsp3) is 0.125. The maximum atomic E-state index is 13.9. The van der Waals surface area contributed by atoms with E-state index in [-0.39, 0.29) is 5.82 Å². The van der Waals surface area contributed by atoms with Crippen molar-refractivity contribution in [2.45, 2.75) is 10.9 Å². The van der Waals surface area contributed by atoms with E-state index >= 15 is 0 Å². The molecular formula is C16H13BrFN3S. The topological polar surface area (TPSA) is 30.7 Å². The summed E-state index contributed by atoms with van der Waals surface area (Å²) in [5.41, 5.74) is 1.65. The molecule has 1 heterocycles. The number of rotatable bonds is 4. The van der Waals surface area contributed by atoms with Crippen molar-refractivity contribution in [1.82, 2.24) is 14.8 Å². The van der Waals surface area contributed by atoms with Crippen molar-refractivity contribution in [3.63, 3.8) is 0 Å². The van der Waals surface area contributed by atoms with E-state index in [1.807, 2.05) is 23.7 Å². The minimum absolute atomic E-state index is 0.290. The lowest BCUT2D eigenvalue weighted by Crippen LogP contribution is -1.96. The summed E-state index contributed by atoms with van der Waals surface area (Å²) in [5, 5.41) is 9.05. The summed E-state index contributed by atoms with van der Waals surface area (Å²) < 4.78 is 16.7. The quantitative estimate of drug-likeness (QED) is 0.618. The average Bonchev–Trinajstić information content (AvgIpc) is 2.87. The molecule has 0 fully saturated rings. The summed E-state index contributed by atoms with van der Waals surface area (Å²) in [7, 11) is 1.85. The first-order valence-corrected chi connectivity index (χ1v) is 8.44. The molecule has 0 bridgehead atoms. The summed E-state index contributed by atoms with van der Waals surface area (Å²) in [6.45, 7) is 0. The molecule has 0 aliphatic heterocycles. The van der Waals surface area contributed by atoms with Gasteiger partial charge in [-0.1, -0.05) is 52.0 Å². The minimum Gasteiger partial charge on any atom is -0.305 e. The van der Waals surface area contributed by atoms with Gasteiger partial charge in [0.15, 0.2) is 11.0 Å². The third kappa shape index (κ3) is 3.23. The van der Waals surface area contributed by atoms with Gasteiger partial charge < -0.3 is 4.57 Å². The standard InChI is InChI=1S/C16H13BrFN3S/c1-21-15(13-7-2-3-8-14(13)18)19-20-16(21)22-10-11-5-4-6-12(17)9-11/h2-9H,10H2,1H3. The van der Waals surface area contributed by atoms with Crippen LogP contribution in [0.5, 0.6) is 0 Å². The molecule has 0 amide bonds. The fourth-order valence-corrected chi connectivity index (χ4v) is 3.39. The Morgan fingerprint density at radius 3 is 2.73 bits per heavy atom. The molecule has 22 heavy (non-hydrogen) atoms. The van der Waals surface area contributed by atoms with Gasteiger partial charge in [0, 0.05) is 17.3 Å². The van der Waals surface area contributed by atoms with Crippen LogP contribution in [0.15, 0.2) is 58.2 Å². The molecule has 3 aromatic rings. The van der Waals surface area contributed by atoms with Gasteiger partial charge in [0.25, 0.3) is 0 Å². The maximum absolute atomic E-state index is 13.9. The van der Waals surface area contributed by atoms with Crippen LogP contribution in [0.3, 0.4) is 0 Å². The monoisotopic (exact) mass is 377 g/mol. The Hall–Kier alpha value is -1.66. The van der Waals surface area contributed by atoms with Crippen LogP contribution in [0, 0.1) is 5.82 Å².